The largest absolute Gasteiger partial charge is 0.478 e. The van der Waals surface area contributed by atoms with Gasteiger partial charge in [0.1, 0.15) is 5.82 Å². The Morgan fingerprint density at radius 2 is 2.05 bits per heavy atom. The van der Waals surface area contributed by atoms with E-state index in [1.807, 2.05) is 31.2 Å². The van der Waals surface area contributed by atoms with Gasteiger partial charge in [0, 0.05) is 12.6 Å². The van der Waals surface area contributed by atoms with Crippen LogP contribution in [0.1, 0.15) is 27.9 Å². The number of rotatable bonds is 5. The zero-order chi connectivity index (χ0) is 15.2. The molecular formula is C16H16N2O3. The van der Waals surface area contributed by atoms with Crippen LogP contribution < -0.4 is 5.32 Å². The molecule has 0 spiro atoms. The molecule has 1 amide bonds. The van der Waals surface area contributed by atoms with E-state index in [0.717, 1.165) is 11.1 Å². The number of nitrogens with one attached hydrogen (secondary N) is 1. The van der Waals surface area contributed by atoms with Crippen molar-refractivity contribution in [2.45, 2.75) is 19.8 Å². The van der Waals surface area contributed by atoms with Crippen LogP contribution in [0.3, 0.4) is 0 Å². The molecule has 2 aromatic rings. The number of aromatic nitrogens is 1. The van der Waals surface area contributed by atoms with Crippen LogP contribution in [0.15, 0.2) is 42.6 Å². The Morgan fingerprint density at radius 3 is 2.76 bits per heavy atom. The van der Waals surface area contributed by atoms with Crippen LogP contribution in [0.4, 0.5) is 5.82 Å². The van der Waals surface area contributed by atoms with E-state index in [2.05, 4.69) is 10.3 Å². The van der Waals surface area contributed by atoms with E-state index in [4.69, 9.17) is 5.11 Å². The summed E-state index contributed by atoms with van der Waals surface area (Å²) < 4.78 is 0. The van der Waals surface area contributed by atoms with Gasteiger partial charge in [0.2, 0.25) is 5.91 Å². The number of carboxylic acid groups (broad SMARTS) is 1. The number of anilines is 1. The molecule has 5 nitrogen and oxygen atoms in total. The summed E-state index contributed by atoms with van der Waals surface area (Å²) in [5, 5.41) is 11.5. The molecule has 21 heavy (non-hydrogen) atoms. The van der Waals surface area contributed by atoms with E-state index < -0.39 is 5.97 Å². The van der Waals surface area contributed by atoms with Crippen molar-refractivity contribution in [3.05, 3.63) is 59.3 Å². The SMILES string of the molecule is Cc1cccc(CCC(=O)Nc2cc(C(=O)O)ccn2)c1. The summed E-state index contributed by atoms with van der Waals surface area (Å²) in [5.74, 6) is -0.983. The predicted octanol–water partition coefficient (Wildman–Crippen LogP) is 2.66. The van der Waals surface area contributed by atoms with Crippen molar-refractivity contribution < 1.29 is 14.7 Å². The first-order chi connectivity index (χ1) is 10.0. The lowest BCUT2D eigenvalue weighted by Gasteiger charge is -2.05. The van der Waals surface area contributed by atoms with Gasteiger partial charge in [-0.05, 0) is 31.0 Å². The standard InChI is InChI=1S/C16H16N2O3/c1-11-3-2-4-12(9-11)5-6-15(19)18-14-10-13(16(20)21)7-8-17-14/h2-4,7-10H,5-6H2,1H3,(H,20,21)(H,17,18,19). The maximum atomic E-state index is 11.9. The maximum absolute atomic E-state index is 11.9. The summed E-state index contributed by atoms with van der Waals surface area (Å²) in [6, 6.07) is 10.7. The van der Waals surface area contributed by atoms with Gasteiger partial charge in [-0.25, -0.2) is 9.78 Å². The molecule has 1 aromatic heterocycles. The van der Waals surface area contributed by atoms with Gasteiger partial charge in [-0.3, -0.25) is 4.79 Å². The van der Waals surface area contributed by atoms with E-state index in [9.17, 15) is 9.59 Å². The fourth-order valence-corrected chi connectivity index (χ4v) is 1.96. The van der Waals surface area contributed by atoms with Gasteiger partial charge in [-0.2, -0.15) is 0 Å². The van der Waals surface area contributed by atoms with Crippen LogP contribution in [0.25, 0.3) is 0 Å². The van der Waals surface area contributed by atoms with Crippen molar-refractivity contribution in [1.82, 2.24) is 4.98 Å². The zero-order valence-electron chi connectivity index (χ0n) is 11.7. The normalized spacial score (nSPS) is 10.1. The number of carboxylic acids is 1. The molecule has 5 heteroatoms. The molecule has 108 valence electrons. The first kappa shape index (κ1) is 14.7. The molecule has 0 bridgehead atoms. The number of aromatic carboxylic acids is 1. The van der Waals surface area contributed by atoms with Crippen LogP contribution in [0.5, 0.6) is 0 Å². The molecule has 2 rings (SSSR count). The maximum Gasteiger partial charge on any atom is 0.335 e. The second kappa shape index (κ2) is 6.65. The zero-order valence-corrected chi connectivity index (χ0v) is 11.7. The van der Waals surface area contributed by atoms with Gasteiger partial charge in [0.05, 0.1) is 5.56 Å². The van der Waals surface area contributed by atoms with Gasteiger partial charge in [-0.1, -0.05) is 29.8 Å². The number of carbonyl (C=O) groups excluding carboxylic acids is 1. The van der Waals surface area contributed by atoms with Crippen molar-refractivity contribution in [3.8, 4) is 0 Å². The molecule has 0 saturated carbocycles. The second-order valence-electron chi connectivity index (χ2n) is 4.77. The first-order valence-corrected chi connectivity index (χ1v) is 6.59. The highest BCUT2D eigenvalue weighted by Crippen LogP contribution is 2.10. The molecule has 0 radical (unpaired) electrons. The average Bonchev–Trinajstić information content (AvgIpc) is 2.45. The van der Waals surface area contributed by atoms with Gasteiger partial charge >= 0.3 is 5.97 Å². The van der Waals surface area contributed by atoms with Gasteiger partial charge < -0.3 is 10.4 Å². The summed E-state index contributed by atoms with van der Waals surface area (Å²) >= 11 is 0. The molecule has 2 N–H and O–H groups in total. The number of amides is 1. The van der Waals surface area contributed by atoms with E-state index >= 15 is 0 Å². The van der Waals surface area contributed by atoms with E-state index in [-0.39, 0.29) is 17.3 Å². The summed E-state index contributed by atoms with van der Waals surface area (Å²) in [4.78, 5) is 26.6. The van der Waals surface area contributed by atoms with E-state index in [1.54, 1.807) is 0 Å². The molecule has 0 aliphatic heterocycles. The minimum Gasteiger partial charge on any atom is -0.478 e. The minimum atomic E-state index is -1.05. The lowest BCUT2D eigenvalue weighted by molar-refractivity contribution is -0.116. The van der Waals surface area contributed by atoms with Gasteiger partial charge in [-0.15, -0.1) is 0 Å². The number of hydrogen-bond acceptors (Lipinski definition) is 3. The van der Waals surface area contributed by atoms with Crippen LogP contribution in [0, 0.1) is 6.92 Å². The second-order valence-corrected chi connectivity index (χ2v) is 4.77. The molecular weight excluding hydrogens is 268 g/mol. The molecule has 0 atom stereocenters. The molecule has 1 heterocycles. The number of pyridine rings is 1. The number of carbonyl (C=O) groups is 2. The Hall–Kier alpha value is -2.69. The third-order valence-corrected chi connectivity index (χ3v) is 3.00. The number of aryl methyl sites for hydroxylation is 2. The van der Waals surface area contributed by atoms with E-state index in [1.165, 1.54) is 18.3 Å². The summed E-state index contributed by atoms with van der Waals surface area (Å²) in [6.07, 6.45) is 2.31. The third kappa shape index (κ3) is 4.42. The van der Waals surface area contributed by atoms with Crippen LogP contribution >= 0.6 is 0 Å². The van der Waals surface area contributed by atoms with Crippen molar-refractivity contribution >= 4 is 17.7 Å². The summed E-state index contributed by atoms with van der Waals surface area (Å²) in [7, 11) is 0. The monoisotopic (exact) mass is 284 g/mol. The lowest BCUT2D eigenvalue weighted by atomic mass is 10.1. The predicted molar refractivity (Wildman–Crippen MR) is 79.3 cm³/mol. The highest BCUT2D eigenvalue weighted by Gasteiger charge is 2.07. The first-order valence-electron chi connectivity index (χ1n) is 6.59. The Morgan fingerprint density at radius 1 is 1.24 bits per heavy atom. The molecule has 1 aromatic carbocycles. The quantitative estimate of drug-likeness (QED) is 0.884. The number of hydrogen-bond donors (Lipinski definition) is 2. The highest BCUT2D eigenvalue weighted by molar-refractivity contribution is 5.92. The smallest absolute Gasteiger partial charge is 0.335 e. The van der Waals surface area contributed by atoms with Crippen LogP contribution in [-0.4, -0.2) is 22.0 Å². The van der Waals surface area contributed by atoms with Crippen molar-refractivity contribution in [1.29, 1.82) is 0 Å². The fourth-order valence-electron chi connectivity index (χ4n) is 1.96. The lowest BCUT2D eigenvalue weighted by Crippen LogP contribution is -2.14. The van der Waals surface area contributed by atoms with Gasteiger partial charge in [0.25, 0.3) is 0 Å². The molecule has 0 fully saturated rings. The number of nitrogens with zero attached hydrogens (tertiary/aromatic N) is 1. The molecule has 0 aliphatic carbocycles. The Kier molecular flexibility index (Phi) is 4.66. The fraction of sp³-hybridized carbons (Fsp3) is 0.188. The van der Waals surface area contributed by atoms with Crippen LogP contribution in [0.2, 0.25) is 0 Å². The Labute approximate surface area is 122 Å². The van der Waals surface area contributed by atoms with Crippen molar-refractivity contribution in [3.63, 3.8) is 0 Å². The molecule has 0 saturated heterocycles. The molecule has 0 aliphatic rings. The van der Waals surface area contributed by atoms with Crippen LogP contribution in [-0.2, 0) is 11.2 Å². The third-order valence-electron chi connectivity index (χ3n) is 3.00. The highest BCUT2D eigenvalue weighted by atomic mass is 16.4. The Balaban J connectivity index is 1.93. The summed E-state index contributed by atoms with van der Waals surface area (Å²) in [5.41, 5.74) is 2.35. The van der Waals surface area contributed by atoms with E-state index in [0.29, 0.717) is 12.8 Å². The average molecular weight is 284 g/mol. The number of benzene rings is 1. The van der Waals surface area contributed by atoms with Crippen molar-refractivity contribution in [2.24, 2.45) is 0 Å². The topological polar surface area (TPSA) is 79.3 Å². The minimum absolute atomic E-state index is 0.0963. The molecule has 0 unspecified atom stereocenters. The van der Waals surface area contributed by atoms with Crippen molar-refractivity contribution in [2.75, 3.05) is 5.32 Å². The Bertz CT molecular complexity index is 668. The summed E-state index contributed by atoms with van der Waals surface area (Å²) in [6.45, 7) is 2.00. The van der Waals surface area contributed by atoms with Gasteiger partial charge in [0.15, 0.2) is 0 Å².